The van der Waals surface area contributed by atoms with Gasteiger partial charge in [-0.25, -0.2) is 0 Å². The van der Waals surface area contributed by atoms with E-state index in [1.165, 1.54) is 27.8 Å². The van der Waals surface area contributed by atoms with Crippen molar-refractivity contribution in [1.82, 2.24) is 5.32 Å². The van der Waals surface area contributed by atoms with Gasteiger partial charge in [0, 0.05) is 28.8 Å². The molecule has 3 rings (SSSR count). The molecule has 2 nitrogen and oxygen atoms in total. The first-order valence-corrected chi connectivity index (χ1v) is 7.99. The van der Waals surface area contributed by atoms with E-state index in [0.29, 0.717) is 12.0 Å². The first-order valence-electron chi connectivity index (χ1n) is 7.18. The highest BCUT2D eigenvalue weighted by Crippen LogP contribution is 2.36. The van der Waals surface area contributed by atoms with Gasteiger partial charge in [-0.15, -0.1) is 11.3 Å². The third-order valence-electron chi connectivity index (χ3n) is 3.91. The Labute approximate surface area is 118 Å². The molecular formula is C16H21NOS. The minimum absolute atomic E-state index is 0.492. The number of hydrogen-bond donors (Lipinski definition) is 1. The smallest absolute Gasteiger partial charge is 0.0469 e. The molecule has 2 heterocycles. The van der Waals surface area contributed by atoms with Crippen LogP contribution in [-0.2, 0) is 4.74 Å². The number of nitrogens with one attached hydrogen (secondary N) is 1. The maximum absolute atomic E-state index is 5.50. The lowest BCUT2D eigenvalue weighted by Crippen LogP contribution is -2.31. The van der Waals surface area contributed by atoms with Crippen molar-refractivity contribution < 1.29 is 4.74 Å². The van der Waals surface area contributed by atoms with Gasteiger partial charge in [0.2, 0.25) is 0 Å². The van der Waals surface area contributed by atoms with Crippen LogP contribution in [0.3, 0.4) is 0 Å². The second-order valence-electron chi connectivity index (χ2n) is 5.17. The zero-order chi connectivity index (χ0) is 13.1. The van der Waals surface area contributed by atoms with Gasteiger partial charge in [0.25, 0.3) is 0 Å². The molecule has 3 heteroatoms. The third-order valence-corrected chi connectivity index (χ3v) is 5.11. The van der Waals surface area contributed by atoms with Gasteiger partial charge < -0.3 is 10.1 Å². The Balaban J connectivity index is 1.89. The zero-order valence-corrected chi connectivity index (χ0v) is 12.2. The largest absolute Gasteiger partial charge is 0.381 e. The Morgan fingerprint density at radius 2 is 2.11 bits per heavy atom. The van der Waals surface area contributed by atoms with Crippen LogP contribution in [0.4, 0.5) is 0 Å². The molecule has 102 valence electrons. The molecule has 2 aromatic rings. The number of hydrogen-bond acceptors (Lipinski definition) is 3. The van der Waals surface area contributed by atoms with Crippen LogP contribution >= 0.6 is 11.3 Å². The Kier molecular flexibility index (Phi) is 4.16. The predicted octanol–water partition coefficient (Wildman–Crippen LogP) is 3.98. The first-order chi connectivity index (χ1) is 9.38. The second kappa shape index (κ2) is 6.04. The maximum atomic E-state index is 5.50. The Hall–Kier alpha value is -0.900. The quantitative estimate of drug-likeness (QED) is 0.911. The molecule has 1 aromatic heterocycles. The van der Waals surface area contributed by atoms with Crippen LogP contribution in [0.15, 0.2) is 30.3 Å². The molecule has 0 spiro atoms. The third kappa shape index (κ3) is 2.83. The lowest BCUT2D eigenvalue weighted by molar-refractivity contribution is 0.0543. The summed E-state index contributed by atoms with van der Waals surface area (Å²) in [7, 11) is 0. The maximum Gasteiger partial charge on any atom is 0.0469 e. The van der Waals surface area contributed by atoms with Crippen LogP contribution < -0.4 is 5.32 Å². The fourth-order valence-corrected chi connectivity index (χ4v) is 4.16. The number of ether oxygens (including phenoxy) is 1. The van der Waals surface area contributed by atoms with E-state index in [4.69, 9.17) is 4.74 Å². The molecule has 0 amide bonds. The topological polar surface area (TPSA) is 21.3 Å². The van der Waals surface area contributed by atoms with Crippen molar-refractivity contribution in [3.05, 3.63) is 35.2 Å². The van der Waals surface area contributed by atoms with E-state index in [9.17, 15) is 0 Å². The minimum Gasteiger partial charge on any atom is -0.381 e. The van der Waals surface area contributed by atoms with Crippen molar-refractivity contribution in [1.29, 1.82) is 0 Å². The summed E-state index contributed by atoms with van der Waals surface area (Å²) in [5, 5.41) is 5.06. The van der Waals surface area contributed by atoms with Crippen LogP contribution in [0.25, 0.3) is 10.1 Å². The molecule has 1 unspecified atom stereocenters. The average Bonchev–Trinajstić information content (AvgIpc) is 2.89. The minimum atomic E-state index is 0.492. The summed E-state index contributed by atoms with van der Waals surface area (Å²) < 4.78 is 6.89. The Morgan fingerprint density at radius 3 is 2.84 bits per heavy atom. The lowest BCUT2D eigenvalue weighted by atomic mass is 9.90. The zero-order valence-electron chi connectivity index (χ0n) is 11.4. The van der Waals surface area contributed by atoms with E-state index < -0.39 is 0 Å². The summed E-state index contributed by atoms with van der Waals surface area (Å²) >= 11 is 1.94. The SMILES string of the molecule is CCNC(c1cc2ccccc2s1)C1CCOCC1. The molecule has 1 saturated heterocycles. The van der Waals surface area contributed by atoms with Crippen molar-refractivity contribution in [2.24, 2.45) is 5.92 Å². The first kappa shape index (κ1) is 13.1. The van der Waals surface area contributed by atoms with Crippen molar-refractivity contribution >= 4 is 21.4 Å². The predicted molar refractivity (Wildman–Crippen MR) is 81.8 cm³/mol. The highest BCUT2D eigenvalue weighted by atomic mass is 32.1. The van der Waals surface area contributed by atoms with Crippen molar-refractivity contribution in [2.75, 3.05) is 19.8 Å². The van der Waals surface area contributed by atoms with E-state index in [0.717, 1.165) is 19.8 Å². The fraction of sp³-hybridized carbons (Fsp3) is 0.500. The van der Waals surface area contributed by atoms with Gasteiger partial charge in [-0.2, -0.15) is 0 Å². The molecular weight excluding hydrogens is 254 g/mol. The molecule has 0 aliphatic carbocycles. The van der Waals surface area contributed by atoms with Crippen molar-refractivity contribution in [3.63, 3.8) is 0 Å². The molecule has 1 aliphatic heterocycles. The van der Waals surface area contributed by atoms with E-state index in [2.05, 4.69) is 42.6 Å². The summed E-state index contributed by atoms with van der Waals surface area (Å²) in [4.78, 5) is 1.48. The van der Waals surface area contributed by atoms with Gasteiger partial charge in [-0.1, -0.05) is 25.1 Å². The molecule has 1 aliphatic rings. The van der Waals surface area contributed by atoms with Gasteiger partial charge in [-0.05, 0) is 42.8 Å². The van der Waals surface area contributed by atoms with Crippen LogP contribution in [0.5, 0.6) is 0 Å². The van der Waals surface area contributed by atoms with Gasteiger partial charge in [0.15, 0.2) is 0 Å². The second-order valence-corrected chi connectivity index (χ2v) is 6.29. The molecule has 0 saturated carbocycles. The van der Waals surface area contributed by atoms with Crippen LogP contribution in [0, 0.1) is 5.92 Å². The Bertz CT molecular complexity index is 497. The Morgan fingerprint density at radius 1 is 1.32 bits per heavy atom. The number of fused-ring (bicyclic) bond motifs is 1. The van der Waals surface area contributed by atoms with Crippen molar-refractivity contribution in [2.45, 2.75) is 25.8 Å². The van der Waals surface area contributed by atoms with E-state index in [1.807, 2.05) is 11.3 Å². The number of thiophene rings is 1. The molecule has 1 atom stereocenters. The molecule has 1 aromatic carbocycles. The van der Waals surface area contributed by atoms with E-state index in [1.54, 1.807) is 0 Å². The highest BCUT2D eigenvalue weighted by molar-refractivity contribution is 7.19. The highest BCUT2D eigenvalue weighted by Gasteiger charge is 2.26. The van der Waals surface area contributed by atoms with Gasteiger partial charge in [0.05, 0.1) is 0 Å². The lowest BCUT2D eigenvalue weighted by Gasteiger charge is -2.30. The normalized spacial score (nSPS) is 18.8. The van der Waals surface area contributed by atoms with Crippen LogP contribution in [0.1, 0.15) is 30.7 Å². The van der Waals surface area contributed by atoms with Gasteiger partial charge >= 0.3 is 0 Å². The summed E-state index contributed by atoms with van der Waals surface area (Å²) in [5.74, 6) is 0.710. The average molecular weight is 275 g/mol. The monoisotopic (exact) mass is 275 g/mol. The molecule has 0 radical (unpaired) electrons. The van der Waals surface area contributed by atoms with E-state index >= 15 is 0 Å². The standard InChI is InChI=1S/C16H21NOS/c1-2-17-16(12-7-9-18-10-8-12)15-11-13-5-3-4-6-14(13)19-15/h3-6,11-12,16-17H,2,7-10H2,1H3. The molecule has 19 heavy (non-hydrogen) atoms. The number of benzene rings is 1. The summed E-state index contributed by atoms with van der Waals surface area (Å²) in [6.45, 7) is 5.05. The molecule has 0 bridgehead atoms. The molecule has 1 N–H and O–H groups in total. The molecule has 1 fully saturated rings. The van der Waals surface area contributed by atoms with Gasteiger partial charge in [0.1, 0.15) is 0 Å². The fourth-order valence-electron chi connectivity index (χ4n) is 2.92. The summed E-state index contributed by atoms with van der Waals surface area (Å²) in [6.07, 6.45) is 2.35. The van der Waals surface area contributed by atoms with E-state index in [-0.39, 0.29) is 0 Å². The number of rotatable bonds is 4. The summed E-state index contributed by atoms with van der Waals surface area (Å²) in [6, 6.07) is 11.5. The van der Waals surface area contributed by atoms with Crippen LogP contribution in [-0.4, -0.2) is 19.8 Å². The summed E-state index contributed by atoms with van der Waals surface area (Å²) in [5.41, 5.74) is 0. The van der Waals surface area contributed by atoms with Gasteiger partial charge in [-0.3, -0.25) is 0 Å². The van der Waals surface area contributed by atoms with Crippen LogP contribution in [0.2, 0.25) is 0 Å². The van der Waals surface area contributed by atoms with Crippen molar-refractivity contribution in [3.8, 4) is 0 Å².